The number of thioether (sulfide) groups is 1. The summed E-state index contributed by atoms with van der Waals surface area (Å²) in [7, 11) is 0. The standard InChI is InChI=1S/C19H14ClNO5S/c1-11(18(23)24)26-15-5-3-2-4-12(15)10-16-17(22)21(19(25)27-16)14-8-6-13(20)7-9-14/h2-11H,1H3,(H,23,24)/b16-10+. The molecule has 1 aliphatic heterocycles. The van der Waals surface area contributed by atoms with E-state index in [-0.39, 0.29) is 4.91 Å². The van der Waals surface area contributed by atoms with Crippen LogP contribution in [0.15, 0.2) is 53.4 Å². The van der Waals surface area contributed by atoms with E-state index >= 15 is 0 Å². The minimum Gasteiger partial charge on any atom is -0.479 e. The Kier molecular flexibility index (Phi) is 5.53. The number of amides is 2. The number of rotatable bonds is 5. The van der Waals surface area contributed by atoms with E-state index < -0.39 is 23.2 Å². The van der Waals surface area contributed by atoms with Crippen molar-refractivity contribution in [2.75, 3.05) is 4.90 Å². The molecule has 138 valence electrons. The van der Waals surface area contributed by atoms with Gasteiger partial charge in [0.05, 0.1) is 10.6 Å². The summed E-state index contributed by atoms with van der Waals surface area (Å²) >= 11 is 6.65. The molecule has 0 aliphatic carbocycles. The highest BCUT2D eigenvalue weighted by Gasteiger charge is 2.36. The lowest BCUT2D eigenvalue weighted by Gasteiger charge is -2.13. The Bertz CT molecular complexity index is 941. The molecule has 6 nitrogen and oxygen atoms in total. The zero-order valence-corrected chi connectivity index (χ0v) is 15.7. The maximum absolute atomic E-state index is 12.7. The van der Waals surface area contributed by atoms with Crippen molar-refractivity contribution >= 4 is 52.2 Å². The van der Waals surface area contributed by atoms with E-state index in [1.165, 1.54) is 13.0 Å². The van der Waals surface area contributed by atoms with E-state index in [0.29, 0.717) is 22.0 Å². The number of nitrogens with zero attached hydrogens (tertiary/aromatic N) is 1. The SMILES string of the molecule is CC(Oc1ccccc1/C=C1/SC(=O)N(c2ccc(Cl)cc2)C1=O)C(=O)O. The van der Waals surface area contributed by atoms with Crippen molar-refractivity contribution in [2.45, 2.75) is 13.0 Å². The number of aliphatic carboxylic acids is 1. The highest BCUT2D eigenvalue weighted by molar-refractivity contribution is 8.19. The monoisotopic (exact) mass is 403 g/mol. The molecule has 1 aliphatic rings. The summed E-state index contributed by atoms with van der Waals surface area (Å²) in [5.74, 6) is -1.26. The molecule has 2 aromatic carbocycles. The molecule has 0 radical (unpaired) electrons. The van der Waals surface area contributed by atoms with Gasteiger partial charge in [0.25, 0.3) is 11.1 Å². The van der Waals surface area contributed by atoms with Gasteiger partial charge in [-0.2, -0.15) is 0 Å². The van der Waals surface area contributed by atoms with Crippen molar-refractivity contribution < 1.29 is 24.2 Å². The molecule has 1 saturated heterocycles. The number of imide groups is 1. The lowest BCUT2D eigenvalue weighted by atomic mass is 10.1. The van der Waals surface area contributed by atoms with Crippen LogP contribution in [0.5, 0.6) is 5.75 Å². The van der Waals surface area contributed by atoms with Crippen LogP contribution in [0.2, 0.25) is 5.02 Å². The number of hydrogen-bond acceptors (Lipinski definition) is 5. The van der Waals surface area contributed by atoms with Crippen LogP contribution in [0, 0.1) is 0 Å². The smallest absolute Gasteiger partial charge is 0.344 e. The second-order valence-electron chi connectivity index (χ2n) is 5.63. The van der Waals surface area contributed by atoms with Gasteiger partial charge >= 0.3 is 5.97 Å². The number of carboxylic acid groups (broad SMARTS) is 1. The summed E-state index contributed by atoms with van der Waals surface area (Å²) in [6, 6.07) is 13.1. The van der Waals surface area contributed by atoms with Gasteiger partial charge in [0.1, 0.15) is 5.75 Å². The lowest BCUT2D eigenvalue weighted by molar-refractivity contribution is -0.144. The Balaban J connectivity index is 1.90. The topological polar surface area (TPSA) is 83.9 Å². The van der Waals surface area contributed by atoms with E-state index in [2.05, 4.69) is 0 Å². The van der Waals surface area contributed by atoms with Crippen LogP contribution in [0.4, 0.5) is 10.5 Å². The van der Waals surface area contributed by atoms with E-state index in [4.69, 9.17) is 21.4 Å². The van der Waals surface area contributed by atoms with Crippen LogP contribution >= 0.6 is 23.4 Å². The average molecular weight is 404 g/mol. The molecular formula is C19H14ClNO5S. The van der Waals surface area contributed by atoms with E-state index in [9.17, 15) is 14.4 Å². The zero-order valence-electron chi connectivity index (χ0n) is 14.1. The van der Waals surface area contributed by atoms with Gasteiger partial charge in [-0.05, 0) is 55.1 Å². The third-order valence-corrected chi connectivity index (χ3v) is 4.86. The first-order valence-electron chi connectivity index (χ1n) is 7.89. The molecule has 1 N–H and O–H groups in total. The molecule has 0 spiro atoms. The van der Waals surface area contributed by atoms with Crippen LogP contribution in [0.3, 0.4) is 0 Å². The number of carbonyl (C=O) groups is 3. The minimum absolute atomic E-state index is 0.217. The van der Waals surface area contributed by atoms with Gasteiger partial charge in [0.2, 0.25) is 0 Å². The highest BCUT2D eigenvalue weighted by atomic mass is 35.5. The minimum atomic E-state index is -1.10. The van der Waals surface area contributed by atoms with Gasteiger partial charge in [0.15, 0.2) is 6.10 Å². The fourth-order valence-electron chi connectivity index (χ4n) is 2.37. The van der Waals surface area contributed by atoms with Gasteiger partial charge in [-0.15, -0.1) is 0 Å². The fourth-order valence-corrected chi connectivity index (χ4v) is 3.33. The van der Waals surface area contributed by atoms with Crippen LogP contribution in [0.25, 0.3) is 6.08 Å². The molecule has 1 heterocycles. The van der Waals surface area contributed by atoms with Crippen molar-refractivity contribution in [1.82, 2.24) is 0 Å². The fraction of sp³-hybridized carbons (Fsp3) is 0.105. The molecule has 0 saturated carbocycles. The second kappa shape index (κ2) is 7.85. The Labute approximate surface area is 164 Å². The number of benzene rings is 2. The summed E-state index contributed by atoms with van der Waals surface area (Å²) in [5, 5.41) is 9.09. The Morgan fingerprint density at radius 2 is 1.85 bits per heavy atom. The first-order valence-corrected chi connectivity index (χ1v) is 9.08. The Morgan fingerprint density at radius 1 is 1.19 bits per heavy atom. The largest absolute Gasteiger partial charge is 0.479 e. The van der Waals surface area contributed by atoms with Crippen molar-refractivity contribution in [3.63, 3.8) is 0 Å². The maximum Gasteiger partial charge on any atom is 0.344 e. The summed E-state index contributed by atoms with van der Waals surface area (Å²) in [6.45, 7) is 1.41. The normalized spacial score (nSPS) is 16.7. The summed E-state index contributed by atoms with van der Waals surface area (Å²) < 4.78 is 5.43. The number of hydrogen-bond donors (Lipinski definition) is 1. The van der Waals surface area contributed by atoms with Gasteiger partial charge in [-0.1, -0.05) is 29.8 Å². The molecular weight excluding hydrogens is 390 g/mol. The molecule has 27 heavy (non-hydrogen) atoms. The first kappa shape index (κ1) is 19.0. The van der Waals surface area contributed by atoms with Crippen LogP contribution in [0.1, 0.15) is 12.5 Å². The number of halogens is 1. The first-order chi connectivity index (χ1) is 12.9. The molecule has 2 aromatic rings. The van der Waals surface area contributed by atoms with Gasteiger partial charge in [0, 0.05) is 10.6 Å². The number of para-hydroxylation sites is 1. The molecule has 3 rings (SSSR count). The number of carbonyl (C=O) groups excluding carboxylic acids is 2. The van der Waals surface area contributed by atoms with Crippen LogP contribution < -0.4 is 9.64 Å². The Hall–Kier alpha value is -2.77. The third-order valence-electron chi connectivity index (χ3n) is 3.74. The number of anilines is 1. The quantitative estimate of drug-likeness (QED) is 0.743. The molecule has 1 atom stereocenters. The highest BCUT2D eigenvalue weighted by Crippen LogP contribution is 2.37. The van der Waals surface area contributed by atoms with Gasteiger partial charge in [-0.25, -0.2) is 9.69 Å². The summed E-state index contributed by atoms with van der Waals surface area (Å²) in [6.07, 6.45) is 0.466. The Morgan fingerprint density at radius 3 is 2.52 bits per heavy atom. The zero-order chi connectivity index (χ0) is 19.6. The maximum atomic E-state index is 12.7. The predicted octanol–water partition coefficient (Wildman–Crippen LogP) is 4.43. The van der Waals surface area contributed by atoms with E-state index in [1.54, 1.807) is 48.5 Å². The predicted molar refractivity (Wildman–Crippen MR) is 104 cm³/mol. The van der Waals surface area contributed by atoms with Crippen molar-refractivity contribution in [3.8, 4) is 5.75 Å². The number of carboxylic acids is 1. The molecule has 0 bridgehead atoms. The molecule has 1 unspecified atom stereocenters. The molecule has 8 heteroatoms. The van der Waals surface area contributed by atoms with Crippen molar-refractivity contribution in [2.24, 2.45) is 0 Å². The van der Waals surface area contributed by atoms with Gasteiger partial charge in [-0.3, -0.25) is 9.59 Å². The second-order valence-corrected chi connectivity index (χ2v) is 7.06. The molecule has 1 fully saturated rings. The summed E-state index contributed by atoms with van der Waals surface area (Å²) in [5.41, 5.74) is 0.932. The lowest BCUT2D eigenvalue weighted by Crippen LogP contribution is -2.27. The number of ether oxygens (including phenoxy) is 1. The van der Waals surface area contributed by atoms with Crippen LogP contribution in [-0.2, 0) is 9.59 Å². The van der Waals surface area contributed by atoms with Crippen molar-refractivity contribution in [3.05, 3.63) is 64.0 Å². The average Bonchev–Trinajstić information content (AvgIpc) is 2.91. The molecule has 0 aromatic heterocycles. The third kappa shape index (κ3) is 4.15. The van der Waals surface area contributed by atoms with E-state index in [1.807, 2.05) is 0 Å². The molecule has 2 amide bonds. The summed E-state index contributed by atoms with van der Waals surface area (Å²) in [4.78, 5) is 37.3. The van der Waals surface area contributed by atoms with Gasteiger partial charge < -0.3 is 9.84 Å². The van der Waals surface area contributed by atoms with E-state index in [0.717, 1.165) is 16.7 Å². The van der Waals surface area contributed by atoms with Crippen LogP contribution in [-0.4, -0.2) is 28.3 Å². The van der Waals surface area contributed by atoms with Crippen molar-refractivity contribution in [1.29, 1.82) is 0 Å².